The first-order valence-corrected chi connectivity index (χ1v) is 4.70. The van der Waals surface area contributed by atoms with E-state index in [-0.39, 0.29) is 0 Å². The minimum absolute atomic E-state index is 0.526. The highest BCUT2D eigenvalue weighted by Crippen LogP contribution is 2.46. The average molecular weight is 230 g/mol. The van der Waals surface area contributed by atoms with Crippen LogP contribution in [0.1, 0.15) is 0 Å². The first-order chi connectivity index (χ1) is 7.19. The lowest BCUT2D eigenvalue weighted by Crippen LogP contribution is -1.97. The van der Waals surface area contributed by atoms with Crippen molar-refractivity contribution in [2.24, 2.45) is 0 Å². The molecular formula is C10H14O4S. The van der Waals surface area contributed by atoms with Crippen LogP contribution in [0.25, 0.3) is 0 Å². The largest absolute Gasteiger partial charge is 0.493 e. The van der Waals surface area contributed by atoms with Gasteiger partial charge >= 0.3 is 0 Å². The number of benzene rings is 1. The van der Waals surface area contributed by atoms with Crippen LogP contribution in [-0.4, -0.2) is 28.4 Å². The molecule has 0 unspecified atom stereocenters. The predicted molar refractivity (Wildman–Crippen MR) is 59.9 cm³/mol. The first kappa shape index (κ1) is 11.8. The van der Waals surface area contributed by atoms with Crippen molar-refractivity contribution in [3.63, 3.8) is 0 Å². The summed E-state index contributed by atoms with van der Waals surface area (Å²) in [7, 11) is 6.20. The lowest BCUT2D eigenvalue weighted by atomic mass is 10.2. The van der Waals surface area contributed by atoms with E-state index in [0.29, 0.717) is 27.9 Å². The van der Waals surface area contributed by atoms with Crippen LogP contribution in [0.3, 0.4) is 0 Å². The van der Waals surface area contributed by atoms with Gasteiger partial charge in [-0.1, -0.05) is 0 Å². The Kier molecular flexibility index (Phi) is 3.96. The lowest BCUT2D eigenvalue weighted by molar-refractivity contribution is 0.317. The third kappa shape index (κ3) is 2.07. The molecular weight excluding hydrogens is 216 g/mol. The minimum Gasteiger partial charge on any atom is -0.493 e. The lowest BCUT2D eigenvalue weighted by Gasteiger charge is -2.15. The standard InChI is InChI=1S/C10H14O4S/c1-11-6-5-7(12-2)9(14-4)10(15)8(6)13-3/h5,15H,1-4H3. The highest BCUT2D eigenvalue weighted by molar-refractivity contribution is 7.80. The van der Waals surface area contributed by atoms with Crippen LogP contribution in [0.15, 0.2) is 11.0 Å². The van der Waals surface area contributed by atoms with Crippen LogP contribution in [-0.2, 0) is 0 Å². The second-order valence-electron chi connectivity index (χ2n) is 2.70. The van der Waals surface area contributed by atoms with E-state index in [9.17, 15) is 0 Å². The topological polar surface area (TPSA) is 36.9 Å². The van der Waals surface area contributed by atoms with Crippen molar-refractivity contribution in [3.8, 4) is 23.0 Å². The Hall–Kier alpha value is -1.23. The molecule has 0 aliphatic heterocycles. The molecule has 0 radical (unpaired) electrons. The van der Waals surface area contributed by atoms with E-state index in [2.05, 4.69) is 12.6 Å². The van der Waals surface area contributed by atoms with Crippen LogP contribution >= 0.6 is 12.6 Å². The van der Waals surface area contributed by atoms with Crippen molar-refractivity contribution >= 4 is 12.6 Å². The summed E-state index contributed by atoms with van der Waals surface area (Å²) in [4.78, 5) is 0.552. The van der Waals surface area contributed by atoms with Crippen LogP contribution in [0.2, 0.25) is 0 Å². The number of methoxy groups -OCH3 is 4. The summed E-state index contributed by atoms with van der Waals surface area (Å²) >= 11 is 4.31. The number of rotatable bonds is 4. The highest BCUT2D eigenvalue weighted by atomic mass is 32.1. The quantitative estimate of drug-likeness (QED) is 0.803. The van der Waals surface area contributed by atoms with Crippen molar-refractivity contribution in [1.29, 1.82) is 0 Å². The van der Waals surface area contributed by atoms with E-state index in [1.807, 2.05) is 0 Å². The maximum absolute atomic E-state index is 5.17. The zero-order valence-electron chi connectivity index (χ0n) is 9.16. The van der Waals surface area contributed by atoms with Crippen LogP contribution < -0.4 is 18.9 Å². The van der Waals surface area contributed by atoms with Crippen LogP contribution in [0.4, 0.5) is 0 Å². The summed E-state index contributed by atoms with van der Waals surface area (Å²) in [6.45, 7) is 0. The number of hydrogen-bond donors (Lipinski definition) is 1. The molecule has 1 aromatic carbocycles. The summed E-state index contributed by atoms with van der Waals surface area (Å²) in [5.41, 5.74) is 0. The van der Waals surface area contributed by atoms with Gasteiger partial charge in [0.2, 0.25) is 0 Å². The van der Waals surface area contributed by atoms with Crippen LogP contribution in [0.5, 0.6) is 23.0 Å². The molecule has 1 aromatic rings. The van der Waals surface area contributed by atoms with E-state index < -0.39 is 0 Å². The molecule has 0 aliphatic carbocycles. The number of thiol groups is 1. The highest BCUT2D eigenvalue weighted by Gasteiger charge is 2.18. The fourth-order valence-electron chi connectivity index (χ4n) is 1.28. The molecule has 84 valence electrons. The second kappa shape index (κ2) is 5.02. The molecule has 5 heteroatoms. The Balaban J connectivity index is 3.41. The van der Waals surface area contributed by atoms with Crippen molar-refractivity contribution in [3.05, 3.63) is 6.07 Å². The molecule has 0 spiro atoms. The Morgan fingerprint density at radius 3 is 1.47 bits per heavy atom. The van der Waals surface area contributed by atoms with Gasteiger partial charge in [0.05, 0.1) is 33.3 Å². The van der Waals surface area contributed by atoms with E-state index in [1.165, 1.54) is 0 Å². The third-order valence-corrected chi connectivity index (χ3v) is 2.39. The van der Waals surface area contributed by atoms with E-state index >= 15 is 0 Å². The first-order valence-electron chi connectivity index (χ1n) is 4.25. The smallest absolute Gasteiger partial charge is 0.178 e. The zero-order chi connectivity index (χ0) is 11.4. The molecule has 0 saturated heterocycles. The van der Waals surface area contributed by atoms with Gasteiger partial charge in [0.15, 0.2) is 23.0 Å². The van der Waals surface area contributed by atoms with Gasteiger partial charge in [-0.2, -0.15) is 0 Å². The third-order valence-electron chi connectivity index (χ3n) is 1.99. The summed E-state index contributed by atoms with van der Waals surface area (Å²) in [5, 5.41) is 0. The van der Waals surface area contributed by atoms with Crippen molar-refractivity contribution in [2.75, 3.05) is 28.4 Å². The Labute approximate surface area is 94.5 Å². The van der Waals surface area contributed by atoms with Gasteiger partial charge in [0.1, 0.15) is 0 Å². The van der Waals surface area contributed by atoms with Crippen molar-refractivity contribution < 1.29 is 18.9 Å². The molecule has 1 rings (SSSR count). The normalized spacial score (nSPS) is 9.67. The monoisotopic (exact) mass is 230 g/mol. The van der Waals surface area contributed by atoms with Gasteiger partial charge in [-0.25, -0.2) is 0 Å². The van der Waals surface area contributed by atoms with E-state index in [4.69, 9.17) is 18.9 Å². The van der Waals surface area contributed by atoms with Gasteiger partial charge in [-0.05, 0) is 0 Å². The fraction of sp³-hybridized carbons (Fsp3) is 0.400. The zero-order valence-corrected chi connectivity index (χ0v) is 10.1. The molecule has 0 saturated carbocycles. The van der Waals surface area contributed by atoms with Gasteiger partial charge in [0, 0.05) is 6.07 Å². The molecule has 0 bridgehead atoms. The summed E-state index contributed by atoms with van der Waals surface area (Å²) in [6.07, 6.45) is 0. The molecule has 0 aliphatic rings. The number of hydrogen-bond acceptors (Lipinski definition) is 5. The fourth-order valence-corrected chi connectivity index (χ4v) is 1.69. The van der Waals surface area contributed by atoms with Crippen molar-refractivity contribution in [1.82, 2.24) is 0 Å². The maximum Gasteiger partial charge on any atom is 0.178 e. The van der Waals surface area contributed by atoms with Gasteiger partial charge in [-0.3, -0.25) is 0 Å². The van der Waals surface area contributed by atoms with E-state index in [0.717, 1.165) is 0 Å². The number of ether oxygens (including phenoxy) is 4. The van der Waals surface area contributed by atoms with E-state index in [1.54, 1.807) is 34.5 Å². The van der Waals surface area contributed by atoms with Crippen molar-refractivity contribution in [2.45, 2.75) is 4.90 Å². The summed E-state index contributed by atoms with van der Waals surface area (Å²) < 4.78 is 20.6. The molecule has 0 amide bonds. The molecule has 0 heterocycles. The predicted octanol–water partition coefficient (Wildman–Crippen LogP) is 2.01. The molecule has 0 atom stereocenters. The Morgan fingerprint density at radius 2 is 1.20 bits per heavy atom. The average Bonchev–Trinajstić information content (AvgIpc) is 2.27. The molecule has 15 heavy (non-hydrogen) atoms. The van der Waals surface area contributed by atoms with Crippen LogP contribution in [0, 0.1) is 0 Å². The second-order valence-corrected chi connectivity index (χ2v) is 3.14. The molecule has 0 N–H and O–H groups in total. The minimum atomic E-state index is 0.526. The maximum atomic E-state index is 5.17. The Morgan fingerprint density at radius 1 is 0.800 bits per heavy atom. The van der Waals surface area contributed by atoms with Gasteiger partial charge in [0.25, 0.3) is 0 Å². The van der Waals surface area contributed by atoms with Gasteiger partial charge < -0.3 is 18.9 Å². The SMILES string of the molecule is COc1cc(OC)c(OC)c(S)c1OC. The summed E-state index contributed by atoms with van der Waals surface area (Å²) in [5.74, 6) is 2.16. The summed E-state index contributed by atoms with van der Waals surface area (Å²) in [6, 6.07) is 1.69. The molecule has 4 nitrogen and oxygen atoms in total. The van der Waals surface area contributed by atoms with Gasteiger partial charge in [-0.15, -0.1) is 12.6 Å². The Bertz CT molecular complexity index is 322. The molecule has 0 aromatic heterocycles. The molecule has 0 fully saturated rings.